The Morgan fingerprint density at radius 2 is 0.423 bits per heavy atom. The molecule has 0 radical (unpaired) electrons. The Bertz CT molecular complexity index is 9050. The van der Waals surface area contributed by atoms with Gasteiger partial charge < -0.3 is 13.7 Å². The van der Waals surface area contributed by atoms with Crippen LogP contribution < -0.4 is 0 Å². The number of hydrogen-bond donors (Lipinski definition) is 0. The Hall–Kier alpha value is -16.2. The largest absolute Gasteiger partial charge is 0.309 e. The van der Waals surface area contributed by atoms with Gasteiger partial charge in [0, 0.05) is 49.1 Å². The molecule has 123 heavy (non-hydrogen) atoms. The highest BCUT2D eigenvalue weighted by Gasteiger charge is 2.28. The lowest BCUT2D eigenvalue weighted by atomic mass is 9.94. The number of para-hydroxylation sites is 3. The molecule has 0 N–H and O–H groups in total. The number of nitrogens with zero attached hydrogens (tertiary/aromatic N) is 3. The molecule has 26 aromatic rings. The van der Waals surface area contributed by atoms with Crippen molar-refractivity contribution in [2.45, 2.75) is 0 Å². The molecule has 3 nitrogen and oxygen atoms in total. The standard InChI is InChI=1S/2C42H25N.C36H21N/c1-2-12-30-26(9-1)19-20-28-24-41-39(25-38(28)30)34-15-5-6-18-40(34)43(41)29-11-7-10-27(23-29)31-21-22-37-33-14-4-3-13-32(33)36-17-8-16-35(31)42(36)37;1-2-9-30-26(8-1)16-17-28-24-41-39(25-38(28)30)34-12-5-6-15-40(34)43(41)29-20-18-27(19-21-29)31-22-23-37-33-11-4-3-10-32(33)36-14-7-13-35(31)42(36)37;1-2-9-24-22(8-1)16-17-23-20-35-32(21-31(23)24)27-12-5-6-15-33(27)37(35)34-19-18-29-26-11-4-3-10-25(26)28-13-7-14-30(34)36(28)29/h2*1-25H;1-21H. The molecule has 3 aliphatic carbocycles. The molecule has 0 unspecified atom stereocenters. The molecule has 0 amide bonds. The molecule has 0 saturated carbocycles. The third-order valence-electron chi connectivity index (χ3n) is 27.3. The lowest BCUT2D eigenvalue weighted by molar-refractivity contribution is 1.18. The van der Waals surface area contributed by atoms with E-state index >= 15 is 0 Å². The molecule has 29 rings (SSSR count). The van der Waals surface area contributed by atoms with Gasteiger partial charge in [-0.05, 0) is 266 Å². The predicted molar refractivity (Wildman–Crippen MR) is 524 cm³/mol. The fraction of sp³-hybridized carbons (Fsp3) is 0. The zero-order valence-electron chi connectivity index (χ0n) is 66.8. The van der Waals surface area contributed by atoms with Gasteiger partial charge in [0.25, 0.3) is 0 Å². The number of aromatic nitrogens is 3. The second kappa shape index (κ2) is 26.1. The van der Waals surface area contributed by atoms with Gasteiger partial charge in [-0.15, -0.1) is 0 Å². The van der Waals surface area contributed by atoms with Gasteiger partial charge >= 0.3 is 0 Å². The Labute approximate surface area is 707 Å². The van der Waals surface area contributed by atoms with E-state index in [1.165, 1.54) is 268 Å². The first kappa shape index (κ1) is 67.8. The molecule has 3 heteroatoms. The van der Waals surface area contributed by atoms with E-state index in [0.29, 0.717) is 0 Å². The lowest BCUT2D eigenvalue weighted by Gasteiger charge is -2.14. The summed E-state index contributed by atoms with van der Waals surface area (Å²) in [7, 11) is 0. The van der Waals surface area contributed by atoms with Crippen LogP contribution in [0.1, 0.15) is 0 Å². The zero-order chi connectivity index (χ0) is 80.2. The van der Waals surface area contributed by atoms with E-state index in [0.717, 1.165) is 0 Å². The Morgan fingerprint density at radius 1 is 0.122 bits per heavy atom. The second-order valence-corrected chi connectivity index (χ2v) is 33.6. The minimum absolute atomic E-state index is 1.17. The van der Waals surface area contributed by atoms with Gasteiger partial charge in [-0.1, -0.05) is 346 Å². The summed E-state index contributed by atoms with van der Waals surface area (Å²) in [6.07, 6.45) is 0. The molecule has 0 aliphatic heterocycles. The predicted octanol–water partition coefficient (Wildman–Crippen LogP) is 33.0. The number of fused-ring (bicyclic) bond motifs is 27. The normalized spacial score (nSPS) is 12.2. The zero-order valence-corrected chi connectivity index (χ0v) is 66.8. The summed E-state index contributed by atoms with van der Waals surface area (Å²) in [5.41, 5.74) is 32.1. The fourth-order valence-corrected chi connectivity index (χ4v) is 21.9. The van der Waals surface area contributed by atoms with Gasteiger partial charge in [-0.25, -0.2) is 0 Å². The first-order valence-electron chi connectivity index (χ1n) is 42.8. The van der Waals surface area contributed by atoms with Crippen LogP contribution in [0.5, 0.6) is 0 Å². The second-order valence-electron chi connectivity index (χ2n) is 33.6. The average molecular weight is 1550 g/mol. The van der Waals surface area contributed by atoms with Crippen molar-refractivity contribution >= 4 is 162 Å². The van der Waals surface area contributed by atoms with Crippen molar-refractivity contribution in [1.29, 1.82) is 0 Å². The summed E-state index contributed by atoms with van der Waals surface area (Å²) in [6.45, 7) is 0. The maximum absolute atomic E-state index is 2.48. The quantitative estimate of drug-likeness (QED) is 0.153. The van der Waals surface area contributed by atoms with Gasteiger partial charge in [0.1, 0.15) is 0 Å². The van der Waals surface area contributed by atoms with Crippen LogP contribution in [-0.2, 0) is 0 Å². The summed E-state index contributed by atoms with van der Waals surface area (Å²) < 4.78 is 7.34. The smallest absolute Gasteiger partial charge is 0.0547 e. The van der Waals surface area contributed by atoms with Crippen molar-refractivity contribution in [2.24, 2.45) is 0 Å². The van der Waals surface area contributed by atoms with Gasteiger partial charge in [-0.2, -0.15) is 0 Å². The molecule has 0 saturated heterocycles. The van der Waals surface area contributed by atoms with Crippen LogP contribution in [0.2, 0.25) is 0 Å². The molecule has 3 aromatic heterocycles. The molecule has 0 spiro atoms. The molecule has 3 heterocycles. The maximum Gasteiger partial charge on any atom is 0.0547 e. The van der Waals surface area contributed by atoms with Gasteiger partial charge in [-0.3, -0.25) is 0 Å². The van der Waals surface area contributed by atoms with Crippen molar-refractivity contribution in [2.75, 3.05) is 0 Å². The van der Waals surface area contributed by atoms with E-state index in [4.69, 9.17) is 0 Å². The highest BCUT2D eigenvalue weighted by Crippen LogP contribution is 2.54. The van der Waals surface area contributed by atoms with Crippen molar-refractivity contribution in [1.82, 2.24) is 13.7 Å². The van der Waals surface area contributed by atoms with Crippen LogP contribution in [0.15, 0.2) is 431 Å². The number of rotatable bonds is 5. The molecule has 0 fully saturated rings. The van der Waals surface area contributed by atoms with Crippen molar-refractivity contribution < 1.29 is 0 Å². The van der Waals surface area contributed by atoms with E-state index in [9.17, 15) is 0 Å². The van der Waals surface area contributed by atoms with E-state index in [1.54, 1.807) is 0 Å². The summed E-state index contributed by atoms with van der Waals surface area (Å²) in [6, 6.07) is 159. The first-order valence-corrected chi connectivity index (χ1v) is 42.8. The summed E-state index contributed by atoms with van der Waals surface area (Å²) >= 11 is 0. The minimum atomic E-state index is 1.17. The monoisotopic (exact) mass is 1550 g/mol. The third kappa shape index (κ3) is 9.93. The maximum atomic E-state index is 2.48. The highest BCUT2D eigenvalue weighted by atomic mass is 15.0. The van der Waals surface area contributed by atoms with Crippen molar-refractivity contribution in [3.63, 3.8) is 0 Å². The molecular formula is C120H71N3. The SMILES string of the molecule is c1cc(-c2ccc3c4c(cccc24)-c2ccccc2-3)cc(-n2c3ccccc3c3cc4c(ccc5ccccc54)cc32)c1.c1ccc2c(c1)-c1cccc3c(-c4ccc(-n5c6ccccc6c6cc7c(ccc8ccccc87)cc65)cc4)ccc-2c13.c1ccc2c(c1)-c1cccc3c(-n4c5ccccc5c5cc6c(ccc7ccccc76)cc54)ccc-2c13. The molecule has 3 aliphatic rings. The molecular weight excluding hydrogens is 1480 g/mol. The van der Waals surface area contributed by atoms with Crippen LogP contribution in [-0.4, -0.2) is 13.7 Å². The van der Waals surface area contributed by atoms with Crippen LogP contribution >= 0.6 is 0 Å². The number of hydrogen-bond acceptors (Lipinski definition) is 0. The molecule has 566 valence electrons. The van der Waals surface area contributed by atoms with Crippen molar-refractivity contribution in [3.8, 4) is 106 Å². The fourth-order valence-electron chi connectivity index (χ4n) is 21.9. The molecule has 0 bridgehead atoms. The van der Waals surface area contributed by atoms with Gasteiger partial charge in [0.2, 0.25) is 0 Å². The third-order valence-corrected chi connectivity index (χ3v) is 27.3. The minimum Gasteiger partial charge on any atom is -0.309 e. The van der Waals surface area contributed by atoms with E-state index in [2.05, 4.69) is 444 Å². The Kier molecular flexibility index (Phi) is 14.4. The Morgan fingerprint density at radius 3 is 0.862 bits per heavy atom. The van der Waals surface area contributed by atoms with Crippen LogP contribution in [0.4, 0.5) is 0 Å². The van der Waals surface area contributed by atoms with Crippen molar-refractivity contribution in [3.05, 3.63) is 431 Å². The van der Waals surface area contributed by atoms with E-state index < -0.39 is 0 Å². The highest BCUT2D eigenvalue weighted by molar-refractivity contribution is 6.26. The topological polar surface area (TPSA) is 14.8 Å². The van der Waals surface area contributed by atoms with Crippen LogP contribution in [0.25, 0.3) is 268 Å². The molecule has 23 aromatic carbocycles. The van der Waals surface area contributed by atoms with Crippen LogP contribution in [0, 0.1) is 0 Å². The average Bonchev–Trinajstić information content (AvgIpc) is 1.58. The lowest BCUT2D eigenvalue weighted by Crippen LogP contribution is -1.96. The van der Waals surface area contributed by atoms with E-state index in [1.807, 2.05) is 0 Å². The van der Waals surface area contributed by atoms with Crippen LogP contribution in [0.3, 0.4) is 0 Å². The molecule has 0 atom stereocenters. The number of benzene rings is 23. The van der Waals surface area contributed by atoms with E-state index in [-0.39, 0.29) is 0 Å². The first-order chi connectivity index (χ1) is 61.0. The van der Waals surface area contributed by atoms with Gasteiger partial charge in [0.15, 0.2) is 0 Å². The summed E-state index contributed by atoms with van der Waals surface area (Å²) in [4.78, 5) is 0. The Balaban J connectivity index is 0.0000000970. The van der Waals surface area contributed by atoms with Gasteiger partial charge in [0.05, 0.1) is 38.8 Å². The summed E-state index contributed by atoms with van der Waals surface area (Å²) in [5.74, 6) is 0. The summed E-state index contributed by atoms with van der Waals surface area (Å²) in [5, 5.41) is 31.2.